The van der Waals surface area contributed by atoms with E-state index in [2.05, 4.69) is 0 Å². The lowest BCUT2D eigenvalue weighted by Gasteiger charge is -2.07. The Morgan fingerprint density at radius 2 is 2.00 bits per heavy atom. The van der Waals surface area contributed by atoms with Gasteiger partial charge in [-0.3, -0.25) is 4.79 Å². The quantitative estimate of drug-likeness (QED) is 0.770. The van der Waals surface area contributed by atoms with Gasteiger partial charge in [-0.05, 0) is 12.1 Å². The summed E-state index contributed by atoms with van der Waals surface area (Å²) in [5.74, 6) is -1.97. The van der Waals surface area contributed by atoms with E-state index >= 15 is 0 Å². The van der Waals surface area contributed by atoms with Crippen LogP contribution in [0.15, 0.2) is 18.2 Å². The molecule has 82 valence electrons. The molecule has 0 spiro atoms. The number of Topliss-reactive ketones (excluding diaryl/α,β-unsaturated/α-hetero) is 1. The van der Waals surface area contributed by atoms with E-state index in [-0.39, 0.29) is 24.1 Å². The van der Waals surface area contributed by atoms with Gasteiger partial charge in [0.2, 0.25) is 0 Å². The Morgan fingerprint density at radius 3 is 2.53 bits per heavy atom. The average Bonchev–Trinajstić information content (AvgIpc) is 2.19. The molecule has 0 heterocycles. The van der Waals surface area contributed by atoms with Gasteiger partial charge in [-0.15, -0.1) is 0 Å². The summed E-state index contributed by atoms with van der Waals surface area (Å²) in [6, 6.07) is 3.17. The van der Waals surface area contributed by atoms with Crippen LogP contribution in [0.2, 0.25) is 0 Å². The van der Waals surface area contributed by atoms with Gasteiger partial charge >= 0.3 is 0 Å². The number of rotatable bonds is 4. The third-order valence-corrected chi connectivity index (χ3v) is 1.92. The van der Waals surface area contributed by atoms with Crippen LogP contribution >= 0.6 is 0 Å². The van der Waals surface area contributed by atoms with Crippen molar-refractivity contribution in [1.82, 2.24) is 0 Å². The van der Waals surface area contributed by atoms with Crippen molar-refractivity contribution in [1.29, 1.82) is 0 Å². The molecule has 0 fully saturated rings. The maximum atomic E-state index is 12.7. The second kappa shape index (κ2) is 4.87. The van der Waals surface area contributed by atoms with Crippen molar-refractivity contribution < 1.29 is 18.3 Å². The number of hydrogen-bond donors (Lipinski definition) is 0. The highest BCUT2D eigenvalue weighted by molar-refractivity contribution is 5.81. The van der Waals surface area contributed by atoms with E-state index in [9.17, 15) is 13.6 Å². The van der Waals surface area contributed by atoms with Crippen LogP contribution in [0.3, 0.4) is 0 Å². The third kappa shape index (κ3) is 3.31. The third-order valence-electron chi connectivity index (χ3n) is 1.92. The zero-order chi connectivity index (χ0) is 11.4. The molecule has 0 unspecified atom stereocenters. The Bertz CT molecular complexity index is 362. The van der Waals surface area contributed by atoms with E-state index in [0.717, 1.165) is 12.1 Å². The standard InChI is InChI=1S/C11H12F2O2/c1-7(2)11(14)6-15-8-3-4-9(12)10(13)5-8/h3-5,7H,6H2,1-2H3. The van der Waals surface area contributed by atoms with E-state index in [1.807, 2.05) is 0 Å². The summed E-state index contributed by atoms with van der Waals surface area (Å²) in [5, 5.41) is 0. The fourth-order valence-corrected chi connectivity index (χ4v) is 0.888. The molecule has 1 rings (SSSR count). The van der Waals surface area contributed by atoms with Crippen molar-refractivity contribution in [2.24, 2.45) is 5.92 Å². The molecule has 1 aromatic carbocycles. The van der Waals surface area contributed by atoms with Crippen molar-refractivity contribution in [2.75, 3.05) is 6.61 Å². The summed E-state index contributed by atoms with van der Waals surface area (Å²) >= 11 is 0. The van der Waals surface area contributed by atoms with Gasteiger partial charge in [-0.2, -0.15) is 0 Å². The average molecular weight is 214 g/mol. The Balaban J connectivity index is 2.58. The lowest BCUT2D eigenvalue weighted by Crippen LogP contribution is -2.16. The maximum Gasteiger partial charge on any atom is 0.172 e. The van der Waals surface area contributed by atoms with Crippen LogP contribution in [0, 0.1) is 17.6 Å². The number of ketones is 1. The molecular weight excluding hydrogens is 202 g/mol. The van der Waals surface area contributed by atoms with Crippen LogP contribution in [-0.4, -0.2) is 12.4 Å². The number of halogens is 2. The van der Waals surface area contributed by atoms with E-state index in [0.29, 0.717) is 0 Å². The van der Waals surface area contributed by atoms with Gasteiger partial charge in [-0.1, -0.05) is 13.8 Å². The van der Waals surface area contributed by atoms with Crippen LogP contribution < -0.4 is 4.74 Å². The Labute approximate surface area is 86.9 Å². The van der Waals surface area contributed by atoms with Crippen molar-refractivity contribution in [3.8, 4) is 5.75 Å². The molecule has 0 aliphatic heterocycles. The highest BCUT2D eigenvalue weighted by atomic mass is 19.2. The Hall–Kier alpha value is -1.45. The summed E-state index contributed by atoms with van der Waals surface area (Å²) in [6.45, 7) is 3.37. The van der Waals surface area contributed by atoms with Gasteiger partial charge in [0.05, 0.1) is 0 Å². The predicted octanol–water partition coefficient (Wildman–Crippen LogP) is 2.57. The van der Waals surface area contributed by atoms with Gasteiger partial charge in [0, 0.05) is 12.0 Å². The first kappa shape index (κ1) is 11.6. The lowest BCUT2D eigenvalue weighted by molar-refractivity contribution is -0.123. The molecular formula is C11H12F2O2. The Morgan fingerprint density at radius 1 is 1.33 bits per heavy atom. The fraction of sp³-hybridized carbons (Fsp3) is 0.364. The molecule has 0 atom stereocenters. The molecule has 0 aliphatic carbocycles. The molecule has 0 saturated heterocycles. The fourth-order valence-electron chi connectivity index (χ4n) is 0.888. The Kier molecular flexibility index (Phi) is 3.77. The molecule has 0 amide bonds. The van der Waals surface area contributed by atoms with Crippen LogP contribution in [0.25, 0.3) is 0 Å². The minimum atomic E-state index is -0.982. The molecule has 0 N–H and O–H groups in total. The van der Waals surface area contributed by atoms with E-state index in [1.54, 1.807) is 13.8 Å². The van der Waals surface area contributed by atoms with Crippen LogP contribution in [0.1, 0.15) is 13.8 Å². The second-order valence-electron chi connectivity index (χ2n) is 3.49. The molecule has 0 aliphatic rings. The summed E-state index contributed by atoms with van der Waals surface area (Å²) < 4.78 is 30.3. The summed E-state index contributed by atoms with van der Waals surface area (Å²) in [4.78, 5) is 11.2. The zero-order valence-corrected chi connectivity index (χ0v) is 8.59. The highest BCUT2D eigenvalue weighted by Crippen LogP contribution is 2.15. The molecule has 0 bridgehead atoms. The predicted molar refractivity (Wildman–Crippen MR) is 51.7 cm³/mol. The number of ether oxygens (including phenoxy) is 1. The molecule has 1 aromatic rings. The second-order valence-corrected chi connectivity index (χ2v) is 3.49. The molecule has 2 nitrogen and oxygen atoms in total. The number of hydrogen-bond acceptors (Lipinski definition) is 2. The minimum Gasteiger partial charge on any atom is -0.486 e. The monoisotopic (exact) mass is 214 g/mol. The largest absolute Gasteiger partial charge is 0.486 e. The normalized spacial score (nSPS) is 10.5. The topological polar surface area (TPSA) is 26.3 Å². The van der Waals surface area contributed by atoms with Gasteiger partial charge in [-0.25, -0.2) is 8.78 Å². The highest BCUT2D eigenvalue weighted by Gasteiger charge is 2.09. The first-order valence-corrected chi connectivity index (χ1v) is 4.61. The first-order valence-electron chi connectivity index (χ1n) is 4.61. The van der Waals surface area contributed by atoms with Crippen molar-refractivity contribution in [3.05, 3.63) is 29.8 Å². The number of benzene rings is 1. The first-order chi connectivity index (χ1) is 7.00. The molecule has 4 heteroatoms. The number of carbonyl (C=O) groups excluding carboxylic acids is 1. The van der Waals surface area contributed by atoms with Gasteiger partial charge in [0.1, 0.15) is 12.4 Å². The van der Waals surface area contributed by atoms with Crippen LogP contribution in [0.4, 0.5) is 8.78 Å². The van der Waals surface area contributed by atoms with Crippen molar-refractivity contribution >= 4 is 5.78 Å². The maximum absolute atomic E-state index is 12.7. The SMILES string of the molecule is CC(C)C(=O)COc1ccc(F)c(F)c1. The van der Waals surface area contributed by atoms with E-state index in [4.69, 9.17) is 4.74 Å². The summed E-state index contributed by atoms with van der Waals surface area (Å²) in [6.07, 6.45) is 0. The van der Waals surface area contributed by atoms with Gasteiger partial charge in [0.25, 0.3) is 0 Å². The summed E-state index contributed by atoms with van der Waals surface area (Å²) in [5.41, 5.74) is 0. The zero-order valence-electron chi connectivity index (χ0n) is 8.59. The van der Waals surface area contributed by atoms with Crippen LogP contribution in [-0.2, 0) is 4.79 Å². The summed E-state index contributed by atoms with van der Waals surface area (Å²) in [7, 11) is 0. The van der Waals surface area contributed by atoms with E-state index < -0.39 is 11.6 Å². The van der Waals surface area contributed by atoms with Crippen molar-refractivity contribution in [2.45, 2.75) is 13.8 Å². The van der Waals surface area contributed by atoms with Gasteiger partial charge in [0.15, 0.2) is 17.4 Å². The van der Waals surface area contributed by atoms with Crippen LogP contribution in [0.5, 0.6) is 5.75 Å². The van der Waals surface area contributed by atoms with Gasteiger partial charge < -0.3 is 4.74 Å². The van der Waals surface area contributed by atoms with Crippen molar-refractivity contribution in [3.63, 3.8) is 0 Å². The lowest BCUT2D eigenvalue weighted by atomic mass is 10.1. The van der Waals surface area contributed by atoms with E-state index in [1.165, 1.54) is 6.07 Å². The molecule has 0 saturated carbocycles. The molecule has 0 radical (unpaired) electrons. The molecule has 0 aromatic heterocycles. The number of carbonyl (C=O) groups is 1. The smallest absolute Gasteiger partial charge is 0.172 e. The molecule has 15 heavy (non-hydrogen) atoms. The minimum absolute atomic E-state index is 0.0836.